The van der Waals surface area contributed by atoms with Crippen molar-refractivity contribution < 1.29 is 59.2 Å². The van der Waals surface area contributed by atoms with Crippen molar-refractivity contribution in [3.8, 4) is 28.6 Å². The van der Waals surface area contributed by atoms with Gasteiger partial charge in [0.1, 0.15) is 76.7 Å². The second-order valence-corrected chi connectivity index (χ2v) is 9.88. The lowest BCUT2D eigenvalue weighted by atomic mass is 9.90. The van der Waals surface area contributed by atoms with E-state index < -0.39 is 83.4 Å². The number of carbonyl (C=O) groups is 1. The minimum Gasteiger partial charge on any atom is -0.508 e. The second-order valence-electron chi connectivity index (χ2n) is 9.88. The average molecular weight is 561 g/mol. The predicted molar refractivity (Wildman–Crippen MR) is 134 cm³/mol. The summed E-state index contributed by atoms with van der Waals surface area (Å²) < 4.78 is 22.6. The summed E-state index contributed by atoms with van der Waals surface area (Å²) in [6.45, 7) is 2.73. The Bertz CT molecular complexity index is 1480. The Labute approximate surface area is 226 Å². The Hall–Kier alpha value is -3.56. The molecular weight excluding hydrogens is 532 g/mol. The number of aliphatic hydroxyl groups excluding tert-OH is 4. The van der Waals surface area contributed by atoms with Crippen molar-refractivity contribution in [2.45, 2.75) is 69.0 Å². The molecule has 1 aromatic heterocycles. The molecule has 9 atom stereocenters. The van der Waals surface area contributed by atoms with Crippen LogP contribution in [0, 0.1) is 0 Å². The number of carbonyl (C=O) groups excluding carboxylic acids is 1. The highest BCUT2D eigenvalue weighted by atomic mass is 16.7. The van der Waals surface area contributed by atoms with Crippen LogP contribution in [0.5, 0.6) is 17.2 Å². The maximum Gasteiger partial charge on any atom is 0.197 e. The quantitative estimate of drug-likeness (QED) is 0.227. The van der Waals surface area contributed by atoms with Gasteiger partial charge in [-0.3, -0.25) is 9.59 Å². The highest BCUT2D eigenvalue weighted by Gasteiger charge is 2.50. The standard InChI is InChI=1S/C27H28O13/c1-9-20(32)23(35)26(40-27-24(36)22(34)19(31)10(2)38-27)25(37-9)18-14(30)8-16-17(21(18)33)13(29)7-15(39-16)11-3-5-12(28)6-4-11/h3-10,19,22-28,30-31,33-36H,1-2H3/t9-,10-,19+,22-,23+,24-,25+,26+,27+/m1/s1. The Morgan fingerprint density at radius 3 is 2.20 bits per heavy atom. The van der Waals surface area contributed by atoms with E-state index in [0.717, 1.165) is 12.1 Å². The zero-order valence-electron chi connectivity index (χ0n) is 21.2. The van der Waals surface area contributed by atoms with Crippen molar-refractivity contribution >= 4 is 16.8 Å². The number of ether oxygens (including phenoxy) is 3. The third-order valence-electron chi connectivity index (χ3n) is 7.20. The van der Waals surface area contributed by atoms with Crippen molar-refractivity contribution in [3.05, 3.63) is 52.2 Å². The summed E-state index contributed by atoms with van der Waals surface area (Å²) in [5, 5.41) is 72.7. The van der Waals surface area contributed by atoms with Crippen LogP contribution in [0.15, 0.2) is 45.6 Å². The Morgan fingerprint density at radius 2 is 1.52 bits per heavy atom. The maximum absolute atomic E-state index is 13.1. The van der Waals surface area contributed by atoms with Crippen LogP contribution < -0.4 is 5.43 Å². The molecule has 40 heavy (non-hydrogen) atoms. The van der Waals surface area contributed by atoms with E-state index in [4.69, 9.17) is 18.6 Å². The summed E-state index contributed by atoms with van der Waals surface area (Å²) in [6.07, 6.45) is -14.0. The molecule has 0 bridgehead atoms. The van der Waals surface area contributed by atoms with Crippen LogP contribution in [0.4, 0.5) is 0 Å². The van der Waals surface area contributed by atoms with E-state index in [1.807, 2.05) is 0 Å². The summed E-state index contributed by atoms with van der Waals surface area (Å²) in [6, 6.07) is 7.94. The number of Topliss-reactive ketones (excluding diaryl/α,β-unsaturated/α-hetero) is 1. The molecule has 3 heterocycles. The molecule has 2 aliphatic rings. The van der Waals surface area contributed by atoms with Crippen LogP contribution in [0.1, 0.15) is 25.5 Å². The molecule has 2 fully saturated rings. The van der Waals surface area contributed by atoms with E-state index in [0.29, 0.717) is 5.56 Å². The fourth-order valence-corrected chi connectivity index (χ4v) is 4.94. The molecule has 13 heteroatoms. The summed E-state index contributed by atoms with van der Waals surface area (Å²) in [4.78, 5) is 25.7. The SMILES string of the molecule is C[C@H]1O[C@@H](c2c(O)cc3oc(-c4ccc(O)cc4)cc(=O)c3c2O)[C@@H](O[C@@H]2O[C@H](C)[C@H](O)[C@@H](O)[C@H]2O)[C@@H](O)C1=O. The molecule has 5 rings (SSSR count). The first kappa shape index (κ1) is 28.0. The number of aliphatic hydroxyl groups is 4. The van der Waals surface area contributed by atoms with Gasteiger partial charge in [-0.2, -0.15) is 0 Å². The number of rotatable bonds is 4. The Kier molecular flexibility index (Phi) is 7.31. The number of phenolic OH excluding ortho intramolecular Hbond substituents is 3. The molecule has 7 N–H and O–H groups in total. The number of fused-ring (bicyclic) bond motifs is 1. The van der Waals surface area contributed by atoms with Gasteiger partial charge in [0.2, 0.25) is 0 Å². The maximum atomic E-state index is 13.1. The first-order chi connectivity index (χ1) is 18.9. The van der Waals surface area contributed by atoms with Crippen molar-refractivity contribution in [1.82, 2.24) is 0 Å². The molecule has 2 aliphatic heterocycles. The molecule has 0 saturated carbocycles. The van der Waals surface area contributed by atoms with E-state index in [1.165, 1.54) is 38.1 Å². The first-order valence-electron chi connectivity index (χ1n) is 12.4. The van der Waals surface area contributed by atoms with Gasteiger partial charge >= 0.3 is 0 Å². The molecule has 2 aromatic carbocycles. The van der Waals surface area contributed by atoms with Gasteiger partial charge in [0.25, 0.3) is 0 Å². The second kappa shape index (κ2) is 10.4. The topological polar surface area (TPSA) is 217 Å². The van der Waals surface area contributed by atoms with Crippen LogP contribution in [-0.4, -0.2) is 90.5 Å². The molecule has 0 radical (unpaired) electrons. The fourth-order valence-electron chi connectivity index (χ4n) is 4.94. The molecule has 13 nitrogen and oxygen atoms in total. The monoisotopic (exact) mass is 560 g/mol. The van der Waals surface area contributed by atoms with Crippen molar-refractivity contribution in [2.75, 3.05) is 0 Å². The molecule has 214 valence electrons. The zero-order chi connectivity index (χ0) is 29.0. The predicted octanol–water partition coefficient (Wildman–Crippen LogP) is 0.179. The number of hydrogen-bond acceptors (Lipinski definition) is 13. The molecule has 0 spiro atoms. The van der Waals surface area contributed by atoms with E-state index in [1.54, 1.807) is 0 Å². The number of phenols is 3. The molecule has 2 saturated heterocycles. The van der Waals surface area contributed by atoms with Gasteiger partial charge in [-0.25, -0.2) is 0 Å². The van der Waals surface area contributed by atoms with Gasteiger partial charge in [0.05, 0.1) is 11.7 Å². The average Bonchev–Trinajstić information content (AvgIpc) is 2.91. The largest absolute Gasteiger partial charge is 0.508 e. The molecule has 3 aromatic rings. The molecular formula is C27H28O13. The van der Waals surface area contributed by atoms with Crippen LogP contribution in [0.2, 0.25) is 0 Å². The van der Waals surface area contributed by atoms with E-state index in [2.05, 4.69) is 0 Å². The lowest BCUT2D eigenvalue weighted by molar-refractivity contribution is -0.323. The summed E-state index contributed by atoms with van der Waals surface area (Å²) in [5.41, 5.74) is -0.853. The van der Waals surface area contributed by atoms with Gasteiger partial charge in [0.15, 0.2) is 17.5 Å². The van der Waals surface area contributed by atoms with Gasteiger partial charge in [-0.15, -0.1) is 0 Å². The lowest BCUT2D eigenvalue weighted by Crippen LogP contribution is -2.60. The van der Waals surface area contributed by atoms with Gasteiger partial charge in [-0.05, 0) is 38.1 Å². The van der Waals surface area contributed by atoms with Crippen molar-refractivity contribution in [2.24, 2.45) is 0 Å². The smallest absolute Gasteiger partial charge is 0.197 e. The van der Waals surface area contributed by atoms with Gasteiger partial charge < -0.3 is 54.4 Å². The number of ketones is 1. The number of benzene rings is 2. The summed E-state index contributed by atoms with van der Waals surface area (Å²) in [7, 11) is 0. The van der Waals surface area contributed by atoms with Crippen LogP contribution in [0.25, 0.3) is 22.3 Å². The first-order valence-corrected chi connectivity index (χ1v) is 12.4. The zero-order valence-corrected chi connectivity index (χ0v) is 21.2. The molecule has 0 aliphatic carbocycles. The molecule has 0 amide bonds. The minimum atomic E-state index is -1.90. The summed E-state index contributed by atoms with van der Waals surface area (Å²) >= 11 is 0. The third-order valence-corrected chi connectivity index (χ3v) is 7.20. The van der Waals surface area contributed by atoms with Crippen molar-refractivity contribution in [3.63, 3.8) is 0 Å². The Balaban J connectivity index is 1.58. The van der Waals surface area contributed by atoms with Crippen LogP contribution in [-0.2, 0) is 19.0 Å². The Morgan fingerprint density at radius 1 is 0.850 bits per heavy atom. The molecule has 0 unspecified atom stereocenters. The van der Waals surface area contributed by atoms with E-state index in [9.17, 15) is 45.3 Å². The van der Waals surface area contributed by atoms with Crippen LogP contribution in [0.3, 0.4) is 0 Å². The van der Waals surface area contributed by atoms with Crippen molar-refractivity contribution in [1.29, 1.82) is 0 Å². The normalized spacial score (nSPS) is 32.9. The van der Waals surface area contributed by atoms with Gasteiger partial charge in [-0.1, -0.05) is 0 Å². The number of hydrogen-bond donors (Lipinski definition) is 7. The fraction of sp³-hybridized carbons (Fsp3) is 0.407. The van der Waals surface area contributed by atoms with E-state index >= 15 is 0 Å². The summed E-state index contributed by atoms with van der Waals surface area (Å²) in [5.74, 6) is -2.11. The van der Waals surface area contributed by atoms with Crippen LogP contribution >= 0.6 is 0 Å². The highest BCUT2D eigenvalue weighted by Crippen LogP contribution is 2.45. The highest BCUT2D eigenvalue weighted by molar-refractivity contribution is 5.90. The third kappa shape index (κ3) is 4.71. The number of aromatic hydroxyl groups is 3. The van der Waals surface area contributed by atoms with Gasteiger partial charge in [0, 0.05) is 17.7 Å². The minimum absolute atomic E-state index is 0.00254. The lowest BCUT2D eigenvalue weighted by Gasteiger charge is -2.44. The van der Waals surface area contributed by atoms with E-state index in [-0.39, 0.29) is 22.5 Å².